The molecule has 0 aliphatic heterocycles. The Labute approximate surface area is 103 Å². The van der Waals surface area contributed by atoms with Crippen LogP contribution in [0.15, 0.2) is 18.2 Å². The Hall–Kier alpha value is -1.51. The van der Waals surface area contributed by atoms with Crippen LogP contribution in [0.5, 0.6) is 5.75 Å². The van der Waals surface area contributed by atoms with E-state index in [9.17, 15) is 4.79 Å². The van der Waals surface area contributed by atoms with Gasteiger partial charge in [0.05, 0.1) is 13.0 Å². The van der Waals surface area contributed by atoms with Gasteiger partial charge in [0.2, 0.25) is 5.91 Å². The highest BCUT2D eigenvalue weighted by molar-refractivity contribution is 5.73. The van der Waals surface area contributed by atoms with Crippen LogP contribution in [-0.2, 0) is 10.2 Å². The number of ether oxygens (including phenoxy) is 1. The maximum Gasteiger partial charge on any atom is 0.220 e. The SMILES string of the molecule is Cc1ccc(OCCC(N)=O)c(C(C)(C)C)c1. The van der Waals surface area contributed by atoms with Gasteiger partial charge in [-0.1, -0.05) is 38.5 Å². The van der Waals surface area contributed by atoms with Gasteiger partial charge >= 0.3 is 0 Å². The molecule has 0 radical (unpaired) electrons. The second-order valence-electron chi connectivity index (χ2n) is 5.31. The first kappa shape index (κ1) is 13.6. The van der Waals surface area contributed by atoms with E-state index in [-0.39, 0.29) is 17.7 Å². The predicted molar refractivity (Wildman–Crippen MR) is 69.2 cm³/mol. The van der Waals surface area contributed by atoms with Crippen molar-refractivity contribution in [1.29, 1.82) is 0 Å². The highest BCUT2D eigenvalue weighted by Crippen LogP contribution is 2.32. The lowest BCUT2D eigenvalue weighted by molar-refractivity contribution is -0.118. The Bertz CT molecular complexity index is 405. The fourth-order valence-electron chi connectivity index (χ4n) is 1.62. The summed E-state index contributed by atoms with van der Waals surface area (Å²) in [6, 6.07) is 6.09. The molecular formula is C14H21NO2. The van der Waals surface area contributed by atoms with E-state index in [2.05, 4.69) is 33.8 Å². The Balaban J connectivity index is 2.87. The molecule has 0 bridgehead atoms. The lowest BCUT2D eigenvalue weighted by Gasteiger charge is -2.23. The number of primary amides is 1. The molecule has 0 unspecified atom stereocenters. The molecule has 1 aromatic carbocycles. The fourth-order valence-corrected chi connectivity index (χ4v) is 1.62. The normalized spacial score (nSPS) is 11.3. The molecule has 0 heterocycles. The number of carbonyl (C=O) groups is 1. The summed E-state index contributed by atoms with van der Waals surface area (Å²) in [5.41, 5.74) is 7.47. The highest BCUT2D eigenvalue weighted by Gasteiger charge is 2.19. The van der Waals surface area contributed by atoms with Crippen LogP contribution in [0.3, 0.4) is 0 Å². The van der Waals surface area contributed by atoms with Crippen molar-refractivity contribution in [2.75, 3.05) is 6.61 Å². The molecule has 0 aliphatic rings. The monoisotopic (exact) mass is 235 g/mol. The molecule has 0 aromatic heterocycles. The molecule has 17 heavy (non-hydrogen) atoms. The number of hydrogen-bond donors (Lipinski definition) is 1. The van der Waals surface area contributed by atoms with E-state index in [1.54, 1.807) is 0 Å². The lowest BCUT2D eigenvalue weighted by atomic mass is 9.85. The zero-order valence-electron chi connectivity index (χ0n) is 11.0. The van der Waals surface area contributed by atoms with Gasteiger partial charge in [0.1, 0.15) is 5.75 Å². The first-order valence-electron chi connectivity index (χ1n) is 5.83. The average Bonchev–Trinajstić information content (AvgIpc) is 2.18. The van der Waals surface area contributed by atoms with E-state index in [0.29, 0.717) is 6.61 Å². The number of carbonyl (C=O) groups excluding carboxylic acids is 1. The number of hydrogen-bond acceptors (Lipinski definition) is 2. The smallest absolute Gasteiger partial charge is 0.220 e. The van der Waals surface area contributed by atoms with Gasteiger partial charge in [-0.2, -0.15) is 0 Å². The first-order chi connectivity index (χ1) is 7.80. The van der Waals surface area contributed by atoms with Crippen LogP contribution in [0.1, 0.15) is 38.3 Å². The number of rotatable bonds is 4. The van der Waals surface area contributed by atoms with Gasteiger partial charge in [0.15, 0.2) is 0 Å². The number of aryl methyl sites for hydroxylation is 1. The molecule has 2 N–H and O–H groups in total. The van der Waals surface area contributed by atoms with E-state index >= 15 is 0 Å². The summed E-state index contributed by atoms with van der Waals surface area (Å²) < 4.78 is 5.63. The molecule has 0 fully saturated rings. The standard InChI is InChI=1S/C14H21NO2/c1-10-5-6-12(17-8-7-13(15)16)11(9-10)14(2,3)4/h5-6,9H,7-8H2,1-4H3,(H2,15,16). The van der Waals surface area contributed by atoms with Crippen LogP contribution in [0, 0.1) is 6.92 Å². The quantitative estimate of drug-likeness (QED) is 0.872. The van der Waals surface area contributed by atoms with Crippen molar-refractivity contribution in [3.8, 4) is 5.75 Å². The Morgan fingerprint density at radius 3 is 2.53 bits per heavy atom. The molecule has 0 saturated heterocycles. The lowest BCUT2D eigenvalue weighted by Crippen LogP contribution is -2.17. The van der Waals surface area contributed by atoms with Gasteiger partial charge in [-0.05, 0) is 24.0 Å². The molecule has 94 valence electrons. The molecule has 1 amide bonds. The van der Waals surface area contributed by atoms with Crippen molar-refractivity contribution < 1.29 is 9.53 Å². The highest BCUT2D eigenvalue weighted by atomic mass is 16.5. The number of amides is 1. The van der Waals surface area contributed by atoms with Crippen molar-refractivity contribution in [2.45, 2.75) is 39.5 Å². The Kier molecular flexibility index (Phi) is 4.16. The second-order valence-corrected chi connectivity index (χ2v) is 5.31. The minimum Gasteiger partial charge on any atom is -0.493 e. The Morgan fingerprint density at radius 1 is 1.35 bits per heavy atom. The summed E-state index contributed by atoms with van der Waals surface area (Å²) in [5, 5.41) is 0. The molecule has 1 aromatic rings. The maximum atomic E-state index is 10.7. The van der Waals surface area contributed by atoms with E-state index in [4.69, 9.17) is 10.5 Å². The summed E-state index contributed by atoms with van der Waals surface area (Å²) >= 11 is 0. The summed E-state index contributed by atoms with van der Waals surface area (Å²) in [4.78, 5) is 10.7. The van der Waals surface area contributed by atoms with Gasteiger partial charge in [-0.15, -0.1) is 0 Å². The molecular weight excluding hydrogens is 214 g/mol. The van der Waals surface area contributed by atoms with Crippen LogP contribution in [0.25, 0.3) is 0 Å². The fraction of sp³-hybridized carbons (Fsp3) is 0.500. The van der Waals surface area contributed by atoms with E-state index in [0.717, 1.165) is 11.3 Å². The first-order valence-corrected chi connectivity index (χ1v) is 5.83. The van der Waals surface area contributed by atoms with Crippen LogP contribution < -0.4 is 10.5 Å². The molecule has 0 saturated carbocycles. The molecule has 0 aliphatic carbocycles. The van der Waals surface area contributed by atoms with E-state index in [1.807, 2.05) is 12.1 Å². The zero-order chi connectivity index (χ0) is 13.1. The third-order valence-electron chi connectivity index (χ3n) is 2.55. The van der Waals surface area contributed by atoms with Gasteiger partial charge < -0.3 is 10.5 Å². The second kappa shape index (κ2) is 5.21. The van der Waals surface area contributed by atoms with E-state index < -0.39 is 0 Å². The minimum absolute atomic E-state index is 0.0219. The molecule has 3 heteroatoms. The minimum atomic E-state index is -0.338. The molecule has 0 spiro atoms. The summed E-state index contributed by atoms with van der Waals surface area (Å²) in [6.45, 7) is 8.82. The third kappa shape index (κ3) is 4.10. The number of benzene rings is 1. The maximum absolute atomic E-state index is 10.7. The van der Waals surface area contributed by atoms with Crippen LogP contribution in [-0.4, -0.2) is 12.5 Å². The predicted octanol–water partition coefficient (Wildman–Crippen LogP) is 2.55. The van der Waals surface area contributed by atoms with Crippen LogP contribution >= 0.6 is 0 Å². The number of nitrogens with two attached hydrogens (primary N) is 1. The van der Waals surface area contributed by atoms with Crippen LogP contribution in [0.4, 0.5) is 0 Å². The average molecular weight is 235 g/mol. The van der Waals surface area contributed by atoms with Gasteiger partial charge in [0.25, 0.3) is 0 Å². The summed E-state index contributed by atoms with van der Waals surface area (Å²) in [6.07, 6.45) is 0.247. The molecule has 3 nitrogen and oxygen atoms in total. The Morgan fingerprint density at radius 2 is 2.00 bits per heavy atom. The topological polar surface area (TPSA) is 52.3 Å². The van der Waals surface area contributed by atoms with Gasteiger partial charge in [0, 0.05) is 0 Å². The van der Waals surface area contributed by atoms with Crippen molar-refractivity contribution in [3.05, 3.63) is 29.3 Å². The van der Waals surface area contributed by atoms with Gasteiger partial charge in [-0.3, -0.25) is 4.79 Å². The van der Waals surface area contributed by atoms with Gasteiger partial charge in [-0.25, -0.2) is 0 Å². The summed E-state index contributed by atoms with van der Waals surface area (Å²) in [5.74, 6) is 0.499. The van der Waals surface area contributed by atoms with Crippen molar-refractivity contribution in [2.24, 2.45) is 5.73 Å². The van der Waals surface area contributed by atoms with Crippen LogP contribution in [0.2, 0.25) is 0 Å². The van der Waals surface area contributed by atoms with Crippen molar-refractivity contribution in [3.63, 3.8) is 0 Å². The summed E-state index contributed by atoms with van der Waals surface area (Å²) in [7, 11) is 0. The molecule has 0 atom stereocenters. The van der Waals surface area contributed by atoms with Crippen molar-refractivity contribution >= 4 is 5.91 Å². The van der Waals surface area contributed by atoms with Crippen molar-refractivity contribution in [1.82, 2.24) is 0 Å². The molecule has 1 rings (SSSR count). The van der Waals surface area contributed by atoms with E-state index in [1.165, 1.54) is 5.56 Å². The third-order valence-corrected chi connectivity index (χ3v) is 2.55. The zero-order valence-corrected chi connectivity index (χ0v) is 11.0. The largest absolute Gasteiger partial charge is 0.493 e.